The molecule has 0 aliphatic rings. The Morgan fingerprint density at radius 1 is 1.44 bits per heavy atom. The lowest BCUT2D eigenvalue weighted by molar-refractivity contribution is 0.491. The molecule has 0 bridgehead atoms. The van der Waals surface area contributed by atoms with E-state index in [1.54, 1.807) is 6.20 Å². The van der Waals surface area contributed by atoms with Gasteiger partial charge < -0.3 is 9.73 Å². The van der Waals surface area contributed by atoms with Crippen molar-refractivity contribution in [1.82, 2.24) is 10.3 Å². The van der Waals surface area contributed by atoms with E-state index in [2.05, 4.69) is 45.3 Å². The molecule has 0 atom stereocenters. The second kappa shape index (κ2) is 4.80. The minimum absolute atomic E-state index is 0.642. The quantitative estimate of drug-likeness (QED) is 0.939. The molecule has 0 aliphatic carbocycles. The summed E-state index contributed by atoms with van der Waals surface area (Å²) in [6.07, 6.45) is 1.75. The molecule has 1 N–H and O–H groups in total. The third-order valence-electron chi connectivity index (χ3n) is 2.27. The molecule has 16 heavy (non-hydrogen) atoms. The van der Waals surface area contributed by atoms with Crippen molar-refractivity contribution in [3.63, 3.8) is 0 Å². The fraction of sp³-hybridized carbons (Fsp3) is 0.250. The molecule has 0 saturated carbocycles. The molecule has 0 amide bonds. The second-order valence-corrected chi connectivity index (χ2v) is 4.49. The van der Waals surface area contributed by atoms with Crippen LogP contribution in [0.15, 0.2) is 33.3 Å². The first-order chi connectivity index (χ1) is 7.70. The minimum Gasteiger partial charge on any atom is -0.439 e. The number of benzene rings is 1. The second-order valence-electron chi connectivity index (χ2n) is 3.63. The summed E-state index contributed by atoms with van der Waals surface area (Å²) in [5.74, 6) is 1.49. The van der Waals surface area contributed by atoms with Gasteiger partial charge in [-0.3, -0.25) is 0 Å². The molecule has 0 aliphatic heterocycles. The molecule has 3 nitrogen and oxygen atoms in total. The smallest absolute Gasteiger partial charge is 0.208 e. The summed E-state index contributed by atoms with van der Waals surface area (Å²) < 4.78 is 6.65. The van der Waals surface area contributed by atoms with Crippen LogP contribution in [0, 0.1) is 6.92 Å². The molecule has 4 heteroatoms. The van der Waals surface area contributed by atoms with Gasteiger partial charge >= 0.3 is 0 Å². The first kappa shape index (κ1) is 11.4. The van der Waals surface area contributed by atoms with Crippen LogP contribution in [-0.4, -0.2) is 12.0 Å². The van der Waals surface area contributed by atoms with E-state index in [1.165, 1.54) is 5.56 Å². The Hall–Kier alpha value is -1.13. The summed E-state index contributed by atoms with van der Waals surface area (Å²) in [6, 6.07) is 6.15. The molecule has 1 heterocycles. The van der Waals surface area contributed by atoms with Crippen LogP contribution >= 0.6 is 15.9 Å². The predicted octanol–water partition coefficient (Wildman–Crippen LogP) is 3.13. The van der Waals surface area contributed by atoms with E-state index in [0.717, 1.165) is 15.8 Å². The highest BCUT2D eigenvalue weighted by Gasteiger charge is 2.08. The Labute approximate surface area is 103 Å². The van der Waals surface area contributed by atoms with Gasteiger partial charge in [0.25, 0.3) is 0 Å². The molecule has 0 saturated heterocycles. The summed E-state index contributed by atoms with van der Waals surface area (Å²) in [5.41, 5.74) is 2.24. The normalized spacial score (nSPS) is 10.7. The van der Waals surface area contributed by atoms with Gasteiger partial charge in [-0.15, -0.1) is 0 Å². The number of hydrogen-bond acceptors (Lipinski definition) is 3. The Balaban J connectivity index is 2.35. The van der Waals surface area contributed by atoms with E-state index in [9.17, 15) is 0 Å². The van der Waals surface area contributed by atoms with Crippen molar-refractivity contribution in [2.24, 2.45) is 0 Å². The molecule has 0 fully saturated rings. The average Bonchev–Trinajstić information content (AvgIpc) is 2.67. The third-order valence-corrected chi connectivity index (χ3v) is 2.93. The topological polar surface area (TPSA) is 38.1 Å². The first-order valence-electron chi connectivity index (χ1n) is 5.06. The van der Waals surface area contributed by atoms with Crippen molar-refractivity contribution >= 4 is 15.9 Å². The monoisotopic (exact) mass is 280 g/mol. The Kier molecular flexibility index (Phi) is 3.41. The highest BCUT2D eigenvalue weighted by molar-refractivity contribution is 9.10. The Morgan fingerprint density at radius 2 is 2.25 bits per heavy atom. The first-order valence-corrected chi connectivity index (χ1v) is 5.86. The van der Waals surface area contributed by atoms with E-state index >= 15 is 0 Å². The zero-order valence-electron chi connectivity index (χ0n) is 9.25. The SMILES string of the molecule is CNCc1ncc(-c2ccc(C)cc2Br)o1. The van der Waals surface area contributed by atoms with Crippen LogP contribution in [-0.2, 0) is 6.54 Å². The van der Waals surface area contributed by atoms with Crippen LogP contribution in [0.2, 0.25) is 0 Å². The summed E-state index contributed by atoms with van der Waals surface area (Å²) in [4.78, 5) is 4.20. The van der Waals surface area contributed by atoms with Gasteiger partial charge in [0, 0.05) is 10.0 Å². The van der Waals surface area contributed by atoms with Gasteiger partial charge in [0.2, 0.25) is 5.89 Å². The average molecular weight is 281 g/mol. The van der Waals surface area contributed by atoms with Crippen molar-refractivity contribution in [3.05, 3.63) is 40.3 Å². The zero-order valence-corrected chi connectivity index (χ0v) is 10.8. The number of aromatic nitrogens is 1. The molecule has 0 spiro atoms. The zero-order chi connectivity index (χ0) is 11.5. The van der Waals surface area contributed by atoms with Gasteiger partial charge in [-0.1, -0.05) is 22.0 Å². The van der Waals surface area contributed by atoms with Gasteiger partial charge in [-0.2, -0.15) is 0 Å². The van der Waals surface area contributed by atoms with Crippen LogP contribution in [0.4, 0.5) is 0 Å². The van der Waals surface area contributed by atoms with Crippen LogP contribution in [0.1, 0.15) is 11.5 Å². The standard InChI is InChI=1S/C12H13BrN2O/c1-8-3-4-9(10(13)5-8)11-6-15-12(16-11)7-14-2/h3-6,14H,7H2,1-2H3. The number of nitrogens with one attached hydrogen (secondary N) is 1. The predicted molar refractivity (Wildman–Crippen MR) is 67.1 cm³/mol. The summed E-state index contributed by atoms with van der Waals surface area (Å²) in [7, 11) is 1.87. The lowest BCUT2D eigenvalue weighted by Gasteiger charge is -2.01. The van der Waals surface area contributed by atoms with Crippen LogP contribution < -0.4 is 5.32 Å². The summed E-state index contributed by atoms with van der Waals surface area (Å²) in [5, 5.41) is 3.00. The van der Waals surface area contributed by atoms with Gasteiger partial charge in [0.15, 0.2) is 5.76 Å². The third kappa shape index (κ3) is 2.33. The Morgan fingerprint density at radius 3 is 2.94 bits per heavy atom. The van der Waals surface area contributed by atoms with Gasteiger partial charge in [-0.25, -0.2) is 4.98 Å². The molecule has 1 aromatic heterocycles. The highest BCUT2D eigenvalue weighted by Crippen LogP contribution is 2.29. The maximum Gasteiger partial charge on any atom is 0.208 e. The molecule has 2 aromatic rings. The van der Waals surface area contributed by atoms with Crippen molar-refractivity contribution in [2.45, 2.75) is 13.5 Å². The number of halogens is 1. The van der Waals surface area contributed by atoms with Gasteiger partial charge in [0.1, 0.15) is 0 Å². The number of rotatable bonds is 3. The van der Waals surface area contributed by atoms with Crippen molar-refractivity contribution in [3.8, 4) is 11.3 Å². The van der Waals surface area contributed by atoms with E-state index in [4.69, 9.17) is 4.42 Å². The molecule has 84 valence electrons. The van der Waals surface area contributed by atoms with Gasteiger partial charge in [0.05, 0.1) is 12.7 Å². The summed E-state index contributed by atoms with van der Waals surface area (Å²) in [6.45, 7) is 2.70. The van der Waals surface area contributed by atoms with E-state index < -0.39 is 0 Å². The number of nitrogens with zero attached hydrogens (tertiary/aromatic N) is 1. The van der Waals surface area contributed by atoms with Crippen molar-refractivity contribution < 1.29 is 4.42 Å². The number of oxazole rings is 1. The van der Waals surface area contributed by atoms with Crippen molar-refractivity contribution in [1.29, 1.82) is 0 Å². The molecule has 1 aromatic carbocycles. The number of hydrogen-bond donors (Lipinski definition) is 1. The molecule has 2 rings (SSSR count). The van der Waals surface area contributed by atoms with Crippen molar-refractivity contribution in [2.75, 3.05) is 7.05 Å². The van der Waals surface area contributed by atoms with E-state index in [-0.39, 0.29) is 0 Å². The van der Waals surface area contributed by atoms with Crippen LogP contribution in [0.25, 0.3) is 11.3 Å². The van der Waals surface area contributed by atoms with E-state index in [0.29, 0.717) is 12.4 Å². The molecular formula is C12H13BrN2O. The highest BCUT2D eigenvalue weighted by atomic mass is 79.9. The largest absolute Gasteiger partial charge is 0.439 e. The van der Waals surface area contributed by atoms with Crippen LogP contribution in [0.5, 0.6) is 0 Å². The maximum atomic E-state index is 5.63. The minimum atomic E-state index is 0.642. The fourth-order valence-corrected chi connectivity index (χ4v) is 2.18. The lowest BCUT2D eigenvalue weighted by atomic mass is 10.1. The molecule has 0 radical (unpaired) electrons. The maximum absolute atomic E-state index is 5.63. The number of aryl methyl sites for hydroxylation is 1. The van der Waals surface area contributed by atoms with Crippen LogP contribution in [0.3, 0.4) is 0 Å². The molecule has 0 unspecified atom stereocenters. The fourth-order valence-electron chi connectivity index (χ4n) is 1.49. The lowest BCUT2D eigenvalue weighted by Crippen LogP contribution is -2.04. The van der Waals surface area contributed by atoms with E-state index in [1.807, 2.05) is 13.1 Å². The Bertz CT molecular complexity index is 494. The molecular weight excluding hydrogens is 268 g/mol. The summed E-state index contributed by atoms with van der Waals surface area (Å²) >= 11 is 3.53. The van der Waals surface area contributed by atoms with Gasteiger partial charge in [-0.05, 0) is 31.7 Å².